The molecule has 0 N–H and O–H groups in total. The van der Waals surface area contributed by atoms with Gasteiger partial charge in [0.1, 0.15) is 0 Å². The van der Waals surface area contributed by atoms with E-state index in [-0.39, 0.29) is 0 Å². The Kier molecular flexibility index (Phi) is 6.30. The molecule has 1 unspecified atom stereocenters. The van der Waals surface area contributed by atoms with Crippen LogP contribution in [0.1, 0.15) is 58.3 Å². The van der Waals surface area contributed by atoms with Gasteiger partial charge >= 0.3 is 6.99 Å². The van der Waals surface area contributed by atoms with Gasteiger partial charge in [-0.3, -0.25) is 0 Å². The van der Waals surface area contributed by atoms with Crippen LogP contribution >= 0.6 is 0 Å². The molecular weight excluding hydrogens is 174 g/mol. The fourth-order valence-corrected chi connectivity index (χ4v) is 2.49. The first-order chi connectivity index (χ1) is 6.83. The molecule has 82 valence electrons. The van der Waals surface area contributed by atoms with Crippen molar-refractivity contribution in [3.63, 3.8) is 0 Å². The molecule has 0 aromatic carbocycles. The second kappa shape index (κ2) is 7.31. The molecule has 1 atom stereocenters. The van der Waals surface area contributed by atoms with Gasteiger partial charge in [0.05, 0.1) is 0 Å². The van der Waals surface area contributed by atoms with Gasteiger partial charge in [-0.25, -0.2) is 0 Å². The Bertz CT molecular complexity index is 138. The highest BCUT2D eigenvalue weighted by Gasteiger charge is 2.27. The van der Waals surface area contributed by atoms with Crippen LogP contribution < -0.4 is 0 Å². The molecule has 1 heterocycles. The summed E-state index contributed by atoms with van der Waals surface area (Å²) in [4.78, 5) is 0. The van der Waals surface area contributed by atoms with Crippen molar-refractivity contribution in [2.75, 3.05) is 0 Å². The minimum atomic E-state index is -0.472. The normalized spacial score (nSPS) is 21.9. The number of rotatable bonds is 7. The van der Waals surface area contributed by atoms with Gasteiger partial charge in [0, 0.05) is 0 Å². The van der Waals surface area contributed by atoms with Crippen LogP contribution in [0.4, 0.5) is 4.32 Å². The third-order valence-electron chi connectivity index (χ3n) is 3.44. The maximum absolute atomic E-state index is 12.8. The smallest absolute Gasteiger partial charge is 0.336 e. The summed E-state index contributed by atoms with van der Waals surface area (Å²) in [5.41, 5.74) is 0. The van der Waals surface area contributed by atoms with E-state index in [9.17, 15) is 4.32 Å². The van der Waals surface area contributed by atoms with Crippen LogP contribution in [-0.2, 0) is 0 Å². The first kappa shape index (κ1) is 12.1. The lowest BCUT2D eigenvalue weighted by atomic mass is 9.69. The minimum absolute atomic E-state index is 0.472. The molecule has 0 spiro atoms. The summed E-state index contributed by atoms with van der Waals surface area (Å²) in [5, 5.41) is 0. The summed E-state index contributed by atoms with van der Waals surface area (Å²) in [6, 6.07) is 0. The highest BCUT2D eigenvalue weighted by atomic mass is 19.1. The molecule has 0 aromatic rings. The predicted octanol–water partition coefficient (Wildman–Crippen LogP) is 4.72. The second-order valence-electron chi connectivity index (χ2n) is 4.83. The summed E-state index contributed by atoms with van der Waals surface area (Å²) < 4.78 is 12.8. The van der Waals surface area contributed by atoms with Gasteiger partial charge in [-0.1, -0.05) is 58.3 Å². The fraction of sp³-hybridized carbons (Fsp3) is 1.00. The van der Waals surface area contributed by atoms with Crippen molar-refractivity contribution >= 4 is 6.99 Å². The summed E-state index contributed by atoms with van der Waals surface area (Å²) >= 11 is 0. The lowest BCUT2D eigenvalue weighted by Gasteiger charge is -2.07. The van der Waals surface area contributed by atoms with E-state index in [1.807, 2.05) is 0 Å². The van der Waals surface area contributed by atoms with Crippen LogP contribution in [-0.4, -0.2) is 6.99 Å². The highest BCUT2D eigenvalue weighted by molar-refractivity contribution is 6.52. The van der Waals surface area contributed by atoms with Crippen molar-refractivity contribution in [1.82, 2.24) is 0 Å². The first-order valence-corrected chi connectivity index (χ1v) is 6.47. The number of unbranched alkanes of at least 4 members (excludes halogenated alkanes) is 5. The molecule has 14 heavy (non-hydrogen) atoms. The largest absolute Gasteiger partial charge is 0.348 e. The molecule has 1 fully saturated rings. The molecule has 0 aromatic heterocycles. The summed E-state index contributed by atoms with van der Waals surface area (Å²) in [6.07, 6.45) is 12.3. The van der Waals surface area contributed by atoms with E-state index in [0.717, 1.165) is 25.0 Å². The van der Waals surface area contributed by atoms with Crippen molar-refractivity contribution in [2.45, 2.75) is 70.9 Å². The maximum atomic E-state index is 12.8. The summed E-state index contributed by atoms with van der Waals surface area (Å²) in [5.74, 6) is 0.719. The van der Waals surface area contributed by atoms with Gasteiger partial charge in [0.25, 0.3) is 0 Å². The molecular formula is C12H24BF. The van der Waals surface area contributed by atoms with Crippen molar-refractivity contribution in [3.8, 4) is 0 Å². The highest BCUT2D eigenvalue weighted by Crippen LogP contribution is 2.31. The zero-order valence-corrected chi connectivity index (χ0v) is 9.60. The lowest BCUT2D eigenvalue weighted by molar-refractivity contribution is 0.485. The molecule has 0 aliphatic carbocycles. The lowest BCUT2D eigenvalue weighted by Crippen LogP contribution is -1.98. The van der Waals surface area contributed by atoms with Crippen LogP contribution in [0.2, 0.25) is 12.6 Å². The van der Waals surface area contributed by atoms with Gasteiger partial charge in [0.2, 0.25) is 0 Å². The Labute approximate surface area is 88.8 Å². The zero-order chi connectivity index (χ0) is 10.2. The van der Waals surface area contributed by atoms with Gasteiger partial charge in [-0.2, -0.15) is 0 Å². The van der Waals surface area contributed by atoms with Crippen LogP contribution in [0.25, 0.3) is 0 Å². The Morgan fingerprint density at radius 2 is 1.86 bits per heavy atom. The van der Waals surface area contributed by atoms with Gasteiger partial charge in [-0.15, -0.1) is 0 Å². The number of halogens is 1. The molecule has 1 aliphatic heterocycles. The average molecular weight is 198 g/mol. The molecule has 1 saturated heterocycles. The topological polar surface area (TPSA) is 0 Å². The average Bonchev–Trinajstić information content (AvgIpc) is 2.58. The van der Waals surface area contributed by atoms with E-state index >= 15 is 0 Å². The Morgan fingerprint density at radius 1 is 1.14 bits per heavy atom. The van der Waals surface area contributed by atoms with E-state index in [1.165, 1.54) is 44.9 Å². The molecule has 0 saturated carbocycles. The molecule has 1 aliphatic rings. The minimum Gasteiger partial charge on any atom is -0.336 e. The van der Waals surface area contributed by atoms with Crippen LogP contribution in [0.15, 0.2) is 0 Å². The number of hydrogen-bond acceptors (Lipinski definition) is 0. The predicted molar refractivity (Wildman–Crippen MR) is 62.6 cm³/mol. The number of hydrogen-bond donors (Lipinski definition) is 0. The monoisotopic (exact) mass is 198 g/mol. The van der Waals surface area contributed by atoms with Crippen molar-refractivity contribution in [1.29, 1.82) is 0 Å². The van der Waals surface area contributed by atoms with Crippen LogP contribution in [0.5, 0.6) is 0 Å². The molecule has 1 rings (SSSR count). The molecule has 0 amide bonds. The molecule has 2 heteroatoms. The SMILES string of the molecule is CCCCCCCCC1CCB(F)C1. The van der Waals surface area contributed by atoms with Gasteiger partial charge in [-0.05, 0) is 18.6 Å². The third-order valence-corrected chi connectivity index (χ3v) is 3.44. The van der Waals surface area contributed by atoms with E-state index < -0.39 is 6.99 Å². The first-order valence-electron chi connectivity index (χ1n) is 6.47. The molecule has 0 nitrogen and oxygen atoms in total. The Hall–Kier alpha value is -0.00506. The molecule has 0 bridgehead atoms. The van der Waals surface area contributed by atoms with Crippen molar-refractivity contribution < 1.29 is 4.32 Å². The quantitative estimate of drug-likeness (QED) is 0.410. The summed E-state index contributed by atoms with van der Waals surface area (Å²) in [6.45, 7) is 1.78. The van der Waals surface area contributed by atoms with Crippen molar-refractivity contribution in [2.24, 2.45) is 5.92 Å². The van der Waals surface area contributed by atoms with Crippen LogP contribution in [0, 0.1) is 5.92 Å². The Morgan fingerprint density at radius 3 is 2.50 bits per heavy atom. The van der Waals surface area contributed by atoms with E-state index in [1.54, 1.807) is 0 Å². The molecule has 0 radical (unpaired) electrons. The third kappa shape index (κ3) is 5.02. The van der Waals surface area contributed by atoms with E-state index in [0.29, 0.717) is 0 Å². The Balaban J connectivity index is 1.84. The van der Waals surface area contributed by atoms with E-state index in [4.69, 9.17) is 0 Å². The maximum Gasteiger partial charge on any atom is 0.348 e. The zero-order valence-electron chi connectivity index (χ0n) is 9.60. The summed E-state index contributed by atoms with van der Waals surface area (Å²) in [7, 11) is 0. The fourth-order valence-electron chi connectivity index (χ4n) is 2.49. The van der Waals surface area contributed by atoms with Crippen LogP contribution in [0.3, 0.4) is 0 Å². The van der Waals surface area contributed by atoms with Crippen molar-refractivity contribution in [3.05, 3.63) is 0 Å². The van der Waals surface area contributed by atoms with E-state index in [2.05, 4.69) is 6.92 Å². The van der Waals surface area contributed by atoms with Gasteiger partial charge in [0.15, 0.2) is 0 Å². The van der Waals surface area contributed by atoms with Gasteiger partial charge < -0.3 is 4.32 Å². The standard InChI is InChI=1S/C12H24BF/c1-2-3-4-5-6-7-8-12-9-10-13(14)11-12/h12H,2-11H2,1H3. The second-order valence-corrected chi connectivity index (χ2v) is 4.83.